The average molecular weight is 292 g/mol. The highest BCUT2D eigenvalue weighted by Crippen LogP contribution is 2.30. The number of halogens is 1. The van der Waals surface area contributed by atoms with Crippen molar-refractivity contribution in [3.8, 4) is 5.75 Å². The van der Waals surface area contributed by atoms with Gasteiger partial charge in [-0.25, -0.2) is 0 Å². The predicted octanol–water partition coefficient (Wildman–Crippen LogP) is 2.26. The minimum Gasteiger partial charge on any atom is -0.492 e. The van der Waals surface area contributed by atoms with Crippen LogP contribution in [0.4, 0.5) is 5.69 Å². The van der Waals surface area contributed by atoms with Crippen LogP contribution in [0.15, 0.2) is 30.6 Å². The lowest BCUT2D eigenvalue weighted by atomic mass is 9.96. The number of anilines is 1. The summed E-state index contributed by atoms with van der Waals surface area (Å²) in [5.74, 6) is 0.518. The first-order valence-electron chi connectivity index (χ1n) is 6.32. The van der Waals surface area contributed by atoms with Crippen molar-refractivity contribution in [3.05, 3.63) is 41.2 Å². The fourth-order valence-corrected chi connectivity index (χ4v) is 2.46. The molecule has 2 aromatic rings. The van der Waals surface area contributed by atoms with Crippen LogP contribution in [0.3, 0.4) is 0 Å². The average Bonchev–Trinajstić information content (AvgIpc) is 2.83. The molecule has 1 unspecified atom stereocenters. The third-order valence-corrected chi connectivity index (χ3v) is 3.51. The molecule has 1 aromatic heterocycles. The second-order valence-electron chi connectivity index (χ2n) is 4.86. The topological polar surface area (TPSA) is 56.2 Å². The Hall–Kier alpha value is -2.01. The monoisotopic (exact) mass is 291 g/mol. The zero-order valence-corrected chi connectivity index (χ0v) is 11.7. The molecule has 1 aromatic carbocycles. The smallest absolute Gasteiger partial charge is 0.231 e. The standard InChI is InChI=1S/C14H14ClN3O2/c1-18-7-12(6-16-18)17-14(19)10-4-9-5-11(15)2-3-13(9)20-8-10/h2-3,5-7,10H,4,8H2,1H3,(H,17,19). The first kappa shape index (κ1) is 13.0. The Bertz CT molecular complexity index is 654. The highest BCUT2D eigenvalue weighted by atomic mass is 35.5. The van der Waals surface area contributed by atoms with E-state index in [1.807, 2.05) is 12.1 Å². The van der Waals surface area contributed by atoms with Gasteiger partial charge in [-0.2, -0.15) is 5.10 Å². The van der Waals surface area contributed by atoms with Crippen molar-refractivity contribution in [3.63, 3.8) is 0 Å². The van der Waals surface area contributed by atoms with Gasteiger partial charge in [0.15, 0.2) is 0 Å². The molecule has 1 N–H and O–H groups in total. The van der Waals surface area contributed by atoms with Gasteiger partial charge in [-0.1, -0.05) is 11.6 Å². The van der Waals surface area contributed by atoms with Gasteiger partial charge >= 0.3 is 0 Å². The molecule has 1 aliphatic heterocycles. The minimum absolute atomic E-state index is 0.0661. The third kappa shape index (κ3) is 2.63. The zero-order valence-electron chi connectivity index (χ0n) is 11.0. The number of hydrogen-bond acceptors (Lipinski definition) is 3. The van der Waals surface area contributed by atoms with Gasteiger partial charge < -0.3 is 10.1 Å². The summed E-state index contributed by atoms with van der Waals surface area (Å²) in [7, 11) is 1.80. The minimum atomic E-state index is -0.221. The van der Waals surface area contributed by atoms with Crippen LogP contribution in [0, 0.1) is 5.92 Å². The fraction of sp³-hybridized carbons (Fsp3) is 0.286. The molecule has 0 saturated carbocycles. The lowest BCUT2D eigenvalue weighted by Crippen LogP contribution is -2.32. The molecule has 6 heteroatoms. The number of amides is 1. The van der Waals surface area contributed by atoms with Crippen LogP contribution in [0.1, 0.15) is 5.56 Å². The second kappa shape index (κ2) is 5.17. The van der Waals surface area contributed by atoms with Crippen molar-refractivity contribution in [1.29, 1.82) is 0 Å². The van der Waals surface area contributed by atoms with Crippen LogP contribution in [-0.4, -0.2) is 22.3 Å². The summed E-state index contributed by atoms with van der Waals surface area (Å²) in [6.07, 6.45) is 4.00. The molecule has 0 fully saturated rings. The van der Waals surface area contributed by atoms with E-state index in [1.54, 1.807) is 30.2 Å². The largest absolute Gasteiger partial charge is 0.492 e. The number of aromatic nitrogens is 2. The van der Waals surface area contributed by atoms with Crippen molar-refractivity contribution < 1.29 is 9.53 Å². The normalized spacial score (nSPS) is 17.2. The number of fused-ring (bicyclic) bond motifs is 1. The Morgan fingerprint density at radius 1 is 1.55 bits per heavy atom. The van der Waals surface area contributed by atoms with Gasteiger partial charge in [0.2, 0.25) is 5.91 Å². The number of aryl methyl sites for hydroxylation is 1. The van der Waals surface area contributed by atoms with Crippen LogP contribution in [0.2, 0.25) is 5.02 Å². The highest BCUT2D eigenvalue weighted by Gasteiger charge is 2.26. The molecular formula is C14H14ClN3O2. The molecule has 0 radical (unpaired) electrons. The Balaban J connectivity index is 1.71. The lowest BCUT2D eigenvalue weighted by molar-refractivity contribution is -0.121. The Kier molecular flexibility index (Phi) is 3.36. The van der Waals surface area contributed by atoms with Crippen LogP contribution < -0.4 is 10.1 Å². The molecule has 20 heavy (non-hydrogen) atoms. The van der Waals surface area contributed by atoms with E-state index in [4.69, 9.17) is 16.3 Å². The number of carbonyl (C=O) groups excluding carboxylic acids is 1. The van der Waals surface area contributed by atoms with Gasteiger partial charge in [-0.05, 0) is 30.2 Å². The number of hydrogen-bond donors (Lipinski definition) is 1. The summed E-state index contributed by atoms with van der Waals surface area (Å²) in [4.78, 5) is 12.2. The quantitative estimate of drug-likeness (QED) is 0.923. The molecule has 2 heterocycles. The van der Waals surface area contributed by atoms with Crippen molar-refractivity contribution in [2.45, 2.75) is 6.42 Å². The van der Waals surface area contributed by atoms with E-state index in [0.29, 0.717) is 23.7 Å². The fourth-order valence-electron chi connectivity index (χ4n) is 2.26. The van der Waals surface area contributed by atoms with Crippen molar-refractivity contribution in [1.82, 2.24) is 9.78 Å². The molecule has 0 bridgehead atoms. The predicted molar refractivity (Wildman–Crippen MR) is 76.0 cm³/mol. The maximum Gasteiger partial charge on any atom is 0.231 e. The third-order valence-electron chi connectivity index (χ3n) is 3.27. The van der Waals surface area contributed by atoms with Gasteiger partial charge in [-0.3, -0.25) is 9.48 Å². The molecule has 5 nitrogen and oxygen atoms in total. The van der Waals surface area contributed by atoms with Gasteiger partial charge in [0, 0.05) is 18.3 Å². The van der Waals surface area contributed by atoms with E-state index in [2.05, 4.69) is 10.4 Å². The van der Waals surface area contributed by atoms with E-state index in [0.717, 1.165) is 11.3 Å². The molecule has 3 rings (SSSR count). The van der Waals surface area contributed by atoms with E-state index in [1.165, 1.54) is 0 Å². The maximum atomic E-state index is 12.2. The molecule has 0 saturated heterocycles. The Morgan fingerprint density at radius 2 is 2.40 bits per heavy atom. The second-order valence-corrected chi connectivity index (χ2v) is 5.29. The zero-order chi connectivity index (χ0) is 14.1. The number of nitrogens with zero attached hydrogens (tertiary/aromatic N) is 2. The van der Waals surface area contributed by atoms with Gasteiger partial charge in [0.05, 0.1) is 17.8 Å². The molecule has 1 atom stereocenters. The number of ether oxygens (including phenoxy) is 1. The molecule has 0 spiro atoms. The summed E-state index contributed by atoms with van der Waals surface area (Å²) in [6.45, 7) is 0.376. The SMILES string of the molecule is Cn1cc(NC(=O)C2COc3ccc(Cl)cc3C2)cn1. The molecule has 104 valence electrons. The van der Waals surface area contributed by atoms with E-state index >= 15 is 0 Å². The van der Waals surface area contributed by atoms with Crippen LogP contribution in [-0.2, 0) is 18.3 Å². The first-order valence-corrected chi connectivity index (χ1v) is 6.70. The van der Waals surface area contributed by atoms with Crippen LogP contribution in [0.5, 0.6) is 5.75 Å². The number of benzene rings is 1. The maximum absolute atomic E-state index is 12.2. The van der Waals surface area contributed by atoms with Gasteiger partial charge in [0.1, 0.15) is 12.4 Å². The van der Waals surface area contributed by atoms with Crippen molar-refractivity contribution in [2.24, 2.45) is 13.0 Å². The number of rotatable bonds is 2. The molecule has 1 aliphatic rings. The summed E-state index contributed by atoms with van der Waals surface area (Å²) < 4.78 is 7.26. The van der Waals surface area contributed by atoms with Crippen LogP contribution in [0.25, 0.3) is 0 Å². The highest BCUT2D eigenvalue weighted by molar-refractivity contribution is 6.30. The van der Waals surface area contributed by atoms with E-state index < -0.39 is 0 Å². The summed E-state index contributed by atoms with van der Waals surface area (Å²) in [5.41, 5.74) is 1.66. The summed E-state index contributed by atoms with van der Waals surface area (Å²) in [6, 6.07) is 5.48. The van der Waals surface area contributed by atoms with E-state index in [-0.39, 0.29) is 11.8 Å². The molecule has 1 amide bonds. The van der Waals surface area contributed by atoms with Crippen molar-refractivity contribution >= 4 is 23.2 Å². The first-order chi connectivity index (χ1) is 9.61. The molecular weight excluding hydrogens is 278 g/mol. The number of nitrogens with one attached hydrogen (secondary N) is 1. The summed E-state index contributed by atoms with van der Waals surface area (Å²) in [5, 5.41) is 7.51. The van der Waals surface area contributed by atoms with Crippen molar-refractivity contribution in [2.75, 3.05) is 11.9 Å². The van der Waals surface area contributed by atoms with Gasteiger partial charge in [0.25, 0.3) is 0 Å². The Labute approximate surface area is 121 Å². The number of carbonyl (C=O) groups is 1. The lowest BCUT2D eigenvalue weighted by Gasteiger charge is -2.24. The Morgan fingerprint density at radius 3 is 3.15 bits per heavy atom. The van der Waals surface area contributed by atoms with Crippen LogP contribution >= 0.6 is 11.6 Å². The molecule has 0 aliphatic carbocycles. The van der Waals surface area contributed by atoms with E-state index in [9.17, 15) is 4.79 Å². The van der Waals surface area contributed by atoms with Gasteiger partial charge in [-0.15, -0.1) is 0 Å². The summed E-state index contributed by atoms with van der Waals surface area (Å²) >= 11 is 5.97.